The average molecular weight is 511 g/mol. The van der Waals surface area contributed by atoms with Crippen molar-refractivity contribution in [3.05, 3.63) is 61.2 Å². The van der Waals surface area contributed by atoms with Gasteiger partial charge in [0, 0.05) is 26.2 Å². The zero-order chi connectivity index (χ0) is 26.6. The van der Waals surface area contributed by atoms with Crippen LogP contribution in [-0.4, -0.2) is 76.2 Å². The number of hydrogen-bond donors (Lipinski definition) is 1. The Morgan fingerprint density at radius 3 is 2.62 bits per heavy atom. The number of aliphatic hydroxyl groups excluding tert-OH is 1. The van der Waals surface area contributed by atoms with Crippen molar-refractivity contribution in [2.75, 3.05) is 26.3 Å². The molecule has 200 valence electrons. The van der Waals surface area contributed by atoms with Crippen LogP contribution in [0, 0.1) is 11.8 Å². The monoisotopic (exact) mass is 510 g/mol. The molecule has 0 aromatic heterocycles. The largest absolute Gasteiger partial charge is 0.461 e. The van der Waals surface area contributed by atoms with E-state index in [4.69, 9.17) is 9.47 Å². The van der Waals surface area contributed by atoms with E-state index < -0.39 is 35.0 Å². The summed E-state index contributed by atoms with van der Waals surface area (Å²) in [6.07, 6.45) is 5.86. The third kappa shape index (κ3) is 4.61. The Labute approximate surface area is 218 Å². The summed E-state index contributed by atoms with van der Waals surface area (Å²) in [4.78, 5) is 45.0. The first kappa shape index (κ1) is 27.1. The van der Waals surface area contributed by atoms with Crippen molar-refractivity contribution in [2.24, 2.45) is 11.8 Å². The number of rotatable bonds is 13. The third-order valence-corrected chi connectivity index (χ3v) is 8.20. The van der Waals surface area contributed by atoms with Crippen molar-refractivity contribution in [3.63, 3.8) is 0 Å². The van der Waals surface area contributed by atoms with Crippen LogP contribution in [0.5, 0.6) is 0 Å². The molecule has 2 bridgehead atoms. The Kier molecular flexibility index (Phi) is 8.19. The Bertz CT molecular complexity index is 1030. The number of benzene rings is 1. The van der Waals surface area contributed by atoms with Crippen molar-refractivity contribution < 1.29 is 29.0 Å². The molecule has 3 aliphatic heterocycles. The number of unbranched alkanes of at least 4 members (excludes halogenated alkanes) is 1. The van der Waals surface area contributed by atoms with E-state index in [0.717, 1.165) is 5.56 Å². The average Bonchev–Trinajstić information content (AvgIpc) is 3.51. The molecule has 8 nitrogen and oxygen atoms in total. The van der Waals surface area contributed by atoms with Crippen molar-refractivity contribution in [1.82, 2.24) is 9.80 Å². The molecule has 1 aromatic rings. The predicted octanol–water partition coefficient (Wildman–Crippen LogP) is 2.86. The van der Waals surface area contributed by atoms with E-state index in [9.17, 15) is 19.5 Å². The van der Waals surface area contributed by atoms with Crippen molar-refractivity contribution in [1.29, 1.82) is 0 Å². The summed E-state index contributed by atoms with van der Waals surface area (Å²) in [5.41, 5.74) is -0.968. The van der Waals surface area contributed by atoms with Crippen LogP contribution in [0.3, 0.4) is 0 Å². The van der Waals surface area contributed by atoms with E-state index in [1.165, 1.54) is 6.08 Å². The molecule has 0 saturated carbocycles. The molecular weight excluding hydrogens is 472 g/mol. The molecule has 4 rings (SSSR count). The number of likely N-dealkylation sites (tertiary alicyclic amines) is 1. The number of amides is 2. The molecule has 8 heteroatoms. The van der Waals surface area contributed by atoms with Gasteiger partial charge < -0.3 is 24.4 Å². The van der Waals surface area contributed by atoms with Crippen LogP contribution in [0.4, 0.5) is 0 Å². The number of ether oxygens (including phenoxy) is 2. The van der Waals surface area contributed by atoms with Crippen LogP contribution < -0.4 is 0 Å². The Morgan fingerprint density at radius 2 is 1.97 bits per heavy atom. The zero-order valence-electron chi connectivity index (χ0n) is 21.6. The molecule has 0 radical (unpaired) electrons. The second-order valence-electron chi connectivity index (χ2n) is 10.2. The van der Waals surface area contributed by atoms with Crippen molar-refractivity contribution >= 4 is 17.8 Å². The summed E-state index contributed by atoms with van der Waals surface area (Å²) < 4.78 is 12.2. The van der Waals surface area contributed by atoms with Gasteiger partial charge in [0.2, 0.25) is 11.8 Å². The van der Waals surface area contributed by atoms with Gasteiger partial charge in [0.1, 0.15) is 24.2 Å². The summed E-state index contributed by atoms with van der Waals surface area (Å²) in [6, 6.07) is 8.82. The topological polar surface area (TPSA) is 96.4 Å². The maximum atomic E-state index is 14.3. The molecule has 3 saturated heterocycles. The summed E-state index contributed by atoms with van der Waals surface area (Å²) >= 11 is 0. The van der Waals surface area contributed by atoms with Gasteiger partial charge in [-0.05, 0) is 37.7 Å². The van der Waals surface area contributed by atoms with Gasteiger partial charge in [0.25, 0.3) is 0 Å². The lowest BCUT2D eigenvalue weighted by Crippen LogP contribution is -2.56. The quantitative estimate of drug-likeness (QED) is 0.249. The van der Waals surface area contributed by atoms with Crippen LogP contribution in [0.25, 0.3) is 0 Å². The molecule has 0 aliphatic carbocycles. The van der Waals surface area contributed by atoms with Gasteiger partial charge >= 0.3 is 5.97 Å². The molecule has 1 spiro atoms. The maximum absolute atomic E-state index is 14.3. The molecule has 3 fully saturated rings. The fraction of sp³-hybridized carbons (Fsp3) is 0.552. The van der Waals surface area contributed by atoms with Gasteiger partial charge in [-0.15, -0.1) is 6.58 Å². The molecule has 5 atom stereocenters. The first-order valence-corrected chi connectivity index (χ1v) is 13.2. The molecule has 2 amide bonds. The van der Waals surface area contributed by atoms with E-state index in [1.807, 2.05) is 37.3 Å². The highest BCUT2D eigenvalue weighted by Gasteiger charge is 2.79. The van der Waals surface area contributed by atoms with Gasteiger partial charge in [0.05, 0.1) is 11.5 Å². The Balaban J connectivity index is 1.74. The van der Waals surface area contributed by atoms with Crippen LogP contribution in [-0.2, 0) is 30.4 Å². The van der Waals surface area contributed by atoms with Crippen LogP contribution >= 0.6 is 0 Å². The molecule has 37 heavy (non-hydrogen) atoms. The van der Waals surface area contributed by atoms with Gasteiger partial charge in [-0.25, -0.2) is 0 Å². The van der Waals surface area contributed by atoms with E-state index in [0.29, 0.717) is 51.7 Å². The predicted molar refractivity (Wildman–Crippen MR) is 138 cm³/mol. The summed E-state index contributed by atoms with van der Waals surface area (Å²) in [5, 5.41) is 9.35. The maximum Gasteiger partial charge on any atom is 0.313 e. The van der Waals surface area contributed by atoms with Gasteiger partial charge in [-0.3, -0.25) is 14.4 Å². The van der Waals surface area contributed by atoms with Crippen molar-refractivity contribution in [2.45, 2.75) is 62.8 Å². The second-order valence-corrected chi connectivity index (χ2v) is 10.2. The lowest BCUT2D eigenvalue weighted by molar-refractivity contribution is -0.161. The number of nitrogens with zero attached hydrogens (tertiary/aromatic N) is 2. The second kappa shape index (κ2) is 11.2. The molecule has 3 heterocycles. The summed E-state index contributed by atoms with van der Waals surface area (Å²) in [6.45, 7) is 10.5. The number of fused-ring (bicyclic) bond motifs is 1. The third-order valence-electron chi connectivity index (χ3n) is 8.20. The number of aliphatic hydroxyl groups is 1. The van der Waals surface area contributed by atoms with Gasteiger partial charge in [-0.1, -0.05) is 56.0 Å². The normalized spacial score (nSPS) is 29.7. The molecular formula is C29H38N2O6. The van der Waals surface area contributed by atoms with Crippen LogP contribution in [0.2, 0.25) is 0 Å². The summed E-state index contributed by atoms with van der Waals surface area (Å²) in [5.74, 6) is -2.50. The van der Waals surface area contributed by atoms with E-state index in [2.05, 4.69) is 13.2 Å². The molecule has 2 unspecified atom stereocenters. The van der Waals surface area contributed by atoms with E-state index >= 15 is 0 Å². The van der Waals surface area contributed by atoms with E-state index in [-0.39, 0.29) is 25.0 Å². The fourth-order valence-electron chi connectivity index (χ4n) is 6.59. The highest BCUT2D eigenvalue weighted by atomic mass is 16.6. The highest BCUT2D eigenvalue weighted by Crippen LogP contribution is 2.64. The Morgan fingerprint density at radius 1 is 1.22 bits per heavy atom. The van der Waals surface area contributed by atoms with Gasteiger partial charge in [0.15, 0.2) is 0 Å². The lowest BCUT2D eigenvalue weighted by atomic mass is 9.65. The number of hydrogen-bond acceptors (Lipinski definition) is 6. The summed E-state index contributed by atoms with van der Waals surface area (Å²) in [7, 11) is 0. The molecule has 1 aromatic carbocycles. The Hall–Kier alpha value is -2.97. The number of carbonyl (C=O) groups is 3. The van der Waals surface area contributed by atoms with Crippen LogP contribution in [0.15, 0.2) is 55.6 Å². The molecule has 1 N–H and O–H groups in total. The fourth-order valence-corrected chi connectivity index (χ4v) is 6.59. The van der Waals surface area contributed by atoms with E-state index in [1.54, 1.807) is 15.9 Å². The minimum atomic E-state index is -1.10. The van der Waals surface area contributed by atoms with Crippen LogP contribution in [0.1, 0.15) is 44.6 Å². The number of esters is 1. The standard InChI is InChI=1S/C29H38N2O6/c1-4-16-30(20-21-12-8-7-9-13-21)26(34)24-29-15-14-28(6-3,37-29)23(27(35)36-19-5-2)22(29)25(33)31(24)17-10-11-18-32/h4-5,7-9,12-13,22-24,32H,1-2,6,10-11,14-20H2,3H3/t22-,23-,24?,28+,29?/m0/s1. The first-order chi connectivity index (χ1) is 17.9. The smallest absolute Gasteiger partial charge is 0.313 e. The van der Waals surface area contributed by atoms with Crippen molar-refractivity contribution in [3.8, 4) is 0 Å². The minimum absolute atomic E-state index is 0.00222. The molecule has 3 aliphatic rings. The SMILES string of the molecule is C=CCOC(=O)[C@@H]1[C@H]2C(=O)N(CCCCO)C(C(=O)N(CC=C)Cc3ccccc3)C23CC[C@@]1(CC)O3. The van der Waals surface area contributed by atoms with Gasteiger partial charge in [-0.2, -0.15) is 0 Å². The minimum Gasteiger partial charge on any atom is -0.461 e. The lowest BCUT2D eigenvalue weighted by Gasteiger charge is -2.37. The first-order valence-electron chi connectivity index (χ1n) is 13.2. The zero-order valence-corrected chi connectivity index (χ0v) is 21.6. The number of carbonyl (C=O) groups excluding carboxylic acids is 3. The highest BCUT2D eigenvalue weighted by molar-refractivity contribution is 5.98.